The van der Waals surface area contributed by atoms with Crippen molar-refractivity contribution in [2.75, 3.05) is 5.73 Å². The number of anilines is 1. The minimum Gasteiger partial charge on any atom is -0.391 e. The van der Waals surface area contributed by atoms with Crippen molar-refractivity contribution in [1.29, 1.82) is 0 Å². The van der Waals surface area contributed by atoms with Gasteiger partial charge >= 0.3 is 5.69 Å². The summed E-state index contributed by atoms with van der Waals surface area (Å²) in [5, 5.41) is 9.38. The molecule has 1 aliphatic rings. The summed E-state index contributed by atoms with van der Waals surface area (Å²) in [7, 11) is 0. The third kappa shape index (κ3) is 2.07. The highest BCUT2D eigenvalue weighted by Crippen LogP contribution is 2.28. The van der Waals surface area contributed by atoms with Gasteiger partial charge in [0.25, 0.3) is 0 Å². The van der Waals surface area contributed by atoms with Gasteiger partial charge in [-0.05, 0) is 25.8 Å². The zero-order valence-corrected chi connectivity index (χ0v) is 9.04. The van der Waals surface area contributed by atoms with Crippen LogP contribution >= 0.6 is 0 Å². The second-order valence-corrected chi connectivity index (χ2v) is 3.99. The highest BCUT2D eigenvalue weighted by molar-refractivity contribution is 5.23. The van der Waals surface area contributed by atoms with Crippen molar-refractivity contribution in [1.82, 2.24) is 9.55 Å². The maximum Gasteiger partial charge on any atom is 0.351 e. The first-order valence-electron chi connectivity index (χ1n) is 5.26. The van der Waals surface area contributed by atoms with E-state index in [1.807, 2.05) is 0 Å². The Kier molecular flexibility index (Phi) is 2.93. The second-order valence-electron chi connectivity index (χ2n) is 3.99. The van der Waals surface area contributed by atoms with Crippen LogP contribution in [0.25, 0.3) is 0 Å². The van der Waals surface area contributed by atoms with Gasteiger partial charge in [0, 0.05) is 6.20 Å². The van der Waals surface area contributed by atoms with Crippen LogP contribution in [-0.2, 0) is 4.74 Å². The number of ether oxygens (including phenoxy) is 1. The van der Waals surface area contributed by atoms with Gasteiger partial charge in [0.15, 0.2) is 0 Å². The van der Waals surface area contributed by atoms with Gasteiger partial charge in [0.2, 0.25) is 0 Å². The lowest BCUT2D eigenvalue weighted by Gasteiger charge is -2.17. The molecule has 3 atom stereocenters. The van der Waals surface area contributed by atoms with Crippen molar-refractivity contribution in [3.63, 3.8) is 0 Å². The van der Waals surface area contributed by atoms with Crippen LogP contribution in [0.5, 0.6) is 0 Å². The van der Waals surface area contributed by atoms with E-state index in [1.165, 1.54) is 4.57 Å². The molecular weight excluding hydrogens is 210 g/mol. The fourth-order valence-electron chi connectivity index (χ4n) is 1.85. The maximum atomic E-state index is 11.5. The molecule has 88 valence electrons. The molecule has 0 bridgehead atoms. The third-order valence-corrected chi connectivity index (χ3v) is 2.73. The summed E-state index contributed by atoms with van der Waals surface area (Å²) >= 11 is 0. The number of hydrogen-bond acceptors (Lipinski definition) is 5. The average Bonchev–Trinajstić information content (AvgIpc) is 2.66. The molecule has 16 heavy (non-hydrogen) atoms. The lowest BCUT2D eigenvalue weighted by atomic mass is 10.1. The summed E-state index contributed by atoms with van der Waals surface area (Å²) in [6.45, 7) is 1.68. The Morgan fingerprint density at radius 1 is 1.69 bits per heavy atom. The largest absolute Gasteiger partial charge is 0.391 e. The van der Waals surface area contributed by atoms with Crippen molar-refractivity contribution >= 4 is 5.82 Å². The van der Waals surface area contributed by atoms with E-state index >= 15 is 0 Å². The van der Waals surface area contributed by atoms with Gasteiger partial charge < -0.3 is 15.6 Å². The number of hydrogen-bond donors (Lipinski definition) is 2. The molecule has 6 nitrogen and oxygen atoms in total. The summed E-state index contributed by atoms with van der Waals surface area (Å²) in [5.74, 6) is 0.200. The first-order chi connectivity index (χ1) is 7.58. The number of nitrogens with zero attached hydrogens (tertiary/aromatic N) is 2. The van der Waals surface area contributed by atoms with Crippen LogP contribution in [0.1, 0.15) is 26.0 Å². The molecule has 3 N–H and O–H groups in total. The van der Waals surface area contributed by atoms with Crippen LogP contribution in [-0.4, -0.2) is 26.9 Å². The van der Waals surface area contributed by atoms with Crippen molar-refractivity contribution in [3.8, 4) is 0 Å². The van der Waals surface area contributed by atoms with E-state index < -0.39 is 11.8 Å². The van der Waals surface area contributed by atoms with Crippen LogP contribution in [0, 0.1) is 0 Å². The van der Waals surface area contributed by atoms with E-state index in [4.69, 9.17) is 10.5 Å². The summed E-state index contributed by atoms with van der Waals surface area (Å²) in [5.41, 5.74) is 4.98. The van der Waals surface area contributed by atoms with Gasteiger partial charge in [-0.25, -0.2) is 4.79 Å². The highest BCUT2D eigenvalue weighted by atomic mass is 16.5. The van der Waals surface area contributed by atoms with Crippen molar-refractivity contribution in [2.24, 2.45) is 0 Å². The van der Waals surface area contributed by atoms with Crippen molar-refractivity contribution < 1.29 is 9.84 Å². The molecular formula is C10H15N3O3. The number of nitrogen functional groups attached to an aromatic ring is 1. The van der Waals surface area contributed by atoms with E-state index in [0.29, 0.717) is 6.42 Å². The predicted molar refractivity (Wildman–Crippen MR) is 57.7 cm³/mol. The van der Waals surface area contributed by atoms with Crippen molar-refractivity contribution in [3.05, 3.63) is 22.7 Å². The molecule has 0 aliphatic carbocycles. The maximum absolute atomic E-state index is 11.5. The Bertz CT molecular complexity index is 430. The molecule has 1 aromatic heterocycles. The second kappa shape index (κ2) is 4.23. The van der Waals surface area contributed by atoms with Crippen LogP contribution < -0.4 is 11.4 Å². The molecule has 2 rings (SSSR count). The Morgan fingerprint density at radius 3 is 3.00 bits per heavy atom. The van der Waals surface area contributed by atoms with E-state index in [1.54, 1.807) is 19.2 Å². The molecule has 0 aromatic carbocycles. The highest BCUT2D eigenvalue weighted by Gasteiger charge is 2.30. The van der Waals surface area contributed by atoms with Crippen molar-refractivity contribution in [2.45, 2.75) is 38.2 Å². The van der Waals surface area contributed by atoms with Gasteiger partial charge in [-0.3, -0.25) is 4.57 Å². The molecule has 1 unspecified atom stereocenters. The number of rotatable bonds is 2. The zero-order chi connectivity index (χ0) is 11.7. The van der Waals surface area contributed by atoms with E-state index in [2.05, 4.69) is 4.98 Å². The van der Waals surface area contributed by atoms with Gasteiger partial charge in [0.1, 0.15) is 12.0 Å². The summed E-state index contributed by atoms with van der Waals surface area (Å²) < 4.78 is 6.96. The van der Waals surface area contributed by atoms with Crippen LogP contribution in [0.4, 0.5) is 5.82 Å². The minimum absolute atomic E-state index is 0.200. The van der Waals surface area contributed by atoms with Gasteiger partial charge in [0.05, 0.1) is 12.2 Å². The van der Waals surface area contributed by atoms with Crippen LogP contribution in [0.15, 0.2) is 17.1 Å². The molecule has 0 spiro atoms. The Balaban J connectivity index is 2.18. The Labute approximate surface area is 92.7 Å². The monoisotopic (exact) mass is 225 g/mol. The summed E-state index contributed by atoms with van der Waals surface area (Å²) in [6, 6.07) is 1.56. The molecule has 0 radical (unpaired) electrons. The SMILES string of the molecule is C[C@H](O)C1CC[C@H](n2ccc(N)nc2=O)O1. The average molecular weight is 225 g/mol. The summed E-state index contributed by atoms with van der Waals surface area (Å²) in [4.78, 5) is 15.2. The van der Waals surface area contributed by atoms with Gasteiger partial charge in [-0.1, -0.05) is 0 Å². The fourth-order valence-corrected chi connectivity index (χ4v) is 1.85. The van der Waals surface area contributed by atoms with E-state index in [0.717, 1.165) is 6.42 Å². The normalized spacial score (nSPS) is 26.9. The number of aliphatic hydroxyl groups is 1. The minimum atomic E-state index is -0.526. The quantitative estimate of drug-likeness (QED) is 0.732. The smallest absolute Gasteiger partial charge is 0.351 e. The predicted octanol–water partition coefficient (Wildman–Crippen LogP) is -0.116. The molecule has 0 saturated carbocycles. The number of nitrogens with two attached hydrogens (primary N) is 1. The first-order valence-corrected chi connectivity index (χ1v) is 5.26. The van der Waals surface area contributed by atoms with E-state index in [-0.39, 0.29) is 18.1 Å². The van der Waals surface area contributed by atoms with Crippen LogP contribution in [0.3, 0.4) is 0 Å². The van der Waals surface area contributed by atoms with Crippen LogP contribution in [0.2, 0.25) is 0 Å². The molecule has 2 heterocycles. The molecule has 0 amide bonds. The van der Waals surface area contributed by atoms with E-state index in [9.17, 15) is 9.90 Å². The molecule has 1 aromatic rings. The lowest BCUT2D eigenvalue weighted by molar-refractivity contribution is -0.0544. The first kappa shape index (κ1) is 11.1. The summed E-state index contributed by atoms with van der Waals surface area (Å²) in [6.07, 6.45) is 1.91. The fraction of sp³-hybridized carbons (Fsp3) is 0.600. The molecule has 6 heteroatoms. The van der Waals surface area contributed by atoms with Gasteiger partial charge in [-0.15, -0.1) is 0 Å². The Morgan fingerprint density at radius 2 is 2.44 bits per heavy atom. The third-order valence-electron chi connectivity index (χ3n) is 2.73. The van der Waals surface area contributed by atoms with Gasteiger partial charge in [-0.2, -0.15) is 4.98 Å². The standard InChI is InChI=1S/C10H15N3O3/c1-6(14)7-2-3-9(16-7)13-5-4-8(11)12-10(13)15/h4-7,9,14H,2-3H2,1H3,(H2,11,12,15)/t6-,7?,9+/m0/s1. The lowest BCUT2D eigenvalue weighted by Crippen LogP contribution is -2.29. The topological polar surface area (TPSA) is 90.4 Å². The number of aliphatic hydroxyl groups excluding tert-OH is 1. The zero-order valence-electron chi connectivity index (χ0n) is 9.04. The molecule has 1 saturated heterocycles. The number of aromatic nitrogens is 2. The molecule has 1 aliphatic heterocycles. The Hall–Kier alpha value is -1.40. The molecule has 1 fully saturated rings.